The highest BCUT2D eigenvalue weighted by Gasteiger charge is 2.27. The number of nitrogens with one attached hydrogen (secondary N) is 1. The van der Waals surface area contributed by atoms with E-state index in [9.17, 15) is 5.11 Å². The smallest absolute Gasteiger partial charge is 0.142 e. The Morgan fingerprint density at radius 1 is 1.57 bits per heavy atom. The van der Waals surface area contributed by atoms with Gasteiger partial charge in [0, 0.05) is 24.2 Å². The third kappa shape index (κ3) is 2.79. The Kier molecular flexibility index (Phi) is 3.94. The van der Waals surface area contributed by atoms with Crippen LogP contribution < -0.4 is 0 Å². The van der Waals surface area contributed by atoms with Crippen LogP contribution in [0, 0.1) is 0 Å². The Balaban J connectivity index is 1.76. The van der Waals surface area contributed by atoms with Crippen LogP contribution in [-0.4, -0.2) is 50.2 Å². The number of nitrogens with zero attached hydrogens (tertiary/aromatic N) is 6. The molecule has 2 unspecified atom stereocenters. The molecule has 1 fully saturated rings. The Morgan fingerprint density at radius 3 is 3.19 bits per heavy atom. The summed E-state index contributed by atoms with van der Waals surface area (Å²) in [7, 11) is 0. The molecule has 0 amide bonds. The van der Waals surface area contributed by atoms with Gasteiger partial charge in [0.15, 0.2) is 0 Å². The molecule has 2 aromatic rings. The van der Waals surface area contributed by atoms with Crippen LogP contribution in [-0.2, 0) is 6.54 Å². The number of aromatic amines is 1. The summed E-state index contributed by atoms with van der Waals surface area (Å²) in [6.07, 6.45) is 3.27. The van der Waals surface area contributed by atoms with Crippen LogP contribution >= 0.6 is 11.6 Å². The Bertz CT molecular complexity index is 696. The van der Waals surface area contributed by atoms with Crippen molar-refractivity contribution in [1.29, 1.82) is 0 Å². The SMILES string of the molecule is [N-]=[N+]=NC1CCN(Cc2c[nH]c3ncnc(Cl)c23)CC1O. The second kappa shape index (κ2) is 5.87. The molecule has 0 bridgehead atoms. The average Bonchev–Trinajstić information content (AvgIpc) is 2.87. The van der Waals surface area contributed by atoms with Gasteiger partial charge < -0.3 is 10.1 Å². The fourth-order valence-corrected chi connectivity index (χ4v) is 2.94. The molecule has 1 saturated heterocycles. The molecule has 8 nitrogen and oxygen atoms in total. The maximum atomic E-state index is 10.0. The lowest BCUT2D eigenvalue weighted by molar-refractivity contribution is 0.0503. The molecule has 0 aromatic carbocycles. The third-order valence-electron chi connectivity index (χ3n) is 3.73. The van der Waals surface area contributed by atoms with Gasteiger partial charge in [-0.3, -0.25) is 4.90 Å². The summed E-state index contributed by atoms with van der Waals surface area (Å²) in [6, 6.07) is -0.346. The number of rotatable bonds is 3. The van der Waals surface area contributed by atoms with Crippen molar-refractivity contribution in [3.63, 3.8) is 0 Å². The van der Waals surface area contributed by atoms with Gasteiger partial charge >= 0.3 is 0 Å². The Labute approximate surface area is 125 Å². The molecular weight excluding hydrogens is 294 g/mol. The number of piperidine rings is 1. The van der Waals surface area contributed by atoms with Gasteiger partial charge in [-0.1, -0.05) is 16.7 Å². The first-order chi connectivity index (χ1) is 10.2. The molecule has 3 rings (SSSR count). The molecule has 0 saturated carbocycles. The largest absolute Gasteiger partial charge is 0.391 e. The molecule has 9 heteroatoms. The van der Waals surface area contributed by atoms with Crippen molar-refractivity contribution in [3.05, 3.63) is 33.7 Å². The number of azide groups is 1. The number of likely N-dealkylation sites (tertiary alicyclic amines) is 1. The Morgan fingerprint density at radius 2 is 2.43 bits per heavy atom. The second-order valence-electron chi connectivity index (χ2n) is 5.07. The van der Waals surface area contributed by atoms with Gasteiger partial charge in [0.2, 0.25) is 0 Å². The lowest BCUT2D eigenvalue weighted by Crippen LogP contribution is -2.45. The van der Waals surface area contributed by atoms with E-state index in [1.807, 2.05) is 6.20 Å². The van der Waals surface area contributed by atoms with Crippen molar-refractivity contribution in [2.45, 2.75) is 25.1 Å². The zero-order chi connectivity index (χ0) is 14.8. The van der Waals surface area contributed by atoms with E-state index in [0.717, 1.165) is 17.5 Å². The summed E-state index contributed by atoms with van der Waals surface area (Å²) in [6.45, 7) is 1.84. The zero-order valence-corrected chi connectivity index (χ0v) is 11.9. The van der Waals surface area contributed by atoms with Crippen LogP contribution in [0.3, 0.4) is 0 Å². The molecule has 2 N–H and O–H groups in total. The highest BCUT2D eigenvalue weighted by Crippen LogP contribution is 2.25. The molecule has 0 spiro atoms. The summed E-state index contributed by atoms with van der Waals surface area (Å²) >= 11 is 6.12. The van der Waals surface area contributed by atoms with Crippen molar-refractivity contribution in [2.75, 3.05) is 13.1 Å². The number of halogens is 1. The van der Waals surface area contributed by atoms with E-state index < -0.39 is 6.10 Å². The minimum absolute atomic E-state index is 0.346. The highest BCUT2D eigenvalue weighted by atomic mass is 35.5. The van der Waals surface area contributed by atoms with Crippen LogP contribution in [0.1, 0.15) is 12.0 Å². The van der Waals surface area contributed by atoms with Crippen LogP contribution in [0.4, 0.5) is 0 Å². The maximum Gasteiger partial charge on any atom is 0.142 e. The first-order valence-electron chi connectivity index (χ1n) is 6.60. The second-order valence-corrected chi connectivity index (χ2v) is 5.42. The van der Waals surface area contributed by atoms with Gasteiger partial charge in [-0.2, -0.15) is 0 Å². The third-order valence-corrected chi connectivity index (χ3v) is 4.02. The van der Waals surface area contributed by atoms with Crippen molar-refractivity contribution in [3.8, 4) is 0 Å². The van der Waals surface area contributed by atoms with Crippen molar-refractivity contribution in [1.82, 2.24) is 19.9 Å². The van der Waals surface area contributed by atoms with E-state index in [2.05, 4.69) is 29.9 Å². The minimum Gasteiger partial charge on any atom is -0.391 e. The van der Waals surface area contributed by atoms with Crippen molar-refractivity contribution in [2.24, 2.45) is 5.11 Å². The number of hydrogen-bond donors (Lipinski definition) is 2. The van der Waals surface area contributed by atoms with E-state index >= 15 is 0 Å². The number of β-amino-alcohol motifs (C(OH)–C–C–N with tert-alkyl or cyclic N) is 1. The monoisotopic (exact) mass is 307 g/mol. The average molecular weight is 308 g/mol. The molecule has 110 valence electrons. The number of fused-ring (bicyclic) bond motifs is 1. The number of hydrogen-bond acceptors (Lipinski definition) is 5. The predicted molar refractivity (Wildman–Crippen MR) is 77.7 cm³/mol. The normalized spacial score (nSPS) is 23.1. The summed E-state index contributed by atoms with van der Waals surface area (Å²) in [5.41, 5.74) is 10.2. The summed E-state index contributed by atoms with van der Waals surface area (Å²) < 4.78 is 0. The lowest BCUT2D eigenvalue weighted by Gasteiger charge is -2.33. The topological polar surface area (TPSA) is 114 Å². The Hall–Kier alpha value is -1.86. The van der Waals surface area contributed by atoms with E-state index in [0.29, 0.717) is 30.3 Å². The number of H-pyrrole nitrogens is 1. The standard InChI is InChI=1S/C12H14ClN7O/c13-11-10-7(3-15-12(10)17-6-16-11)4-20-2-1-8(18-19-14)9(21)5-20/h3,6,8-9,21H,1-2,4-5H2,(H,15,16,17). The van der Waals surface area contributed by atoms with Gasteiger partial charge in [-0.15, -0.1) is 0 Å². The zero-order valence-electron chi connectivity index (χ0n) is 11.1. The summed E-state index contributed by atoms with van der Waals surface area (Å²) in [5, 5.41) is 14.8. The molecule has 0 aliphatic carbocycles. The van der Waals surface area contributed by atoms with E-state index in [1.165, 1.54) is 6.33 Å². The van der Waals surface area contributed by atoms with Gasteiger partial charge in [0.1, 0.15) is 17.1 Å². The van der Waals surface area contributed by atoms with E-state index in [-0.39, 0.29) is 6.04 Å². The summed E-state index contributed by atoms with van der Waals surface area (Å²) in [4.78, 5) is 16.1. The molecule has 0 radical (unpaired) electrons. The molecular formula is C12H14ClN7O. The van der Waals surface area contributed by atoms with Crippen molar-refractivity contribution >= 4 is 22.6 Å². The minimum atomic E-state index is -0.647. The van der Waals surface area contributed by atoms with Crippen LogP contribution in [0.15, 0.2) is 17.6 Å². The number of aliphatic hydroxyl groups is 1. The quantitative estimate of drug-likeness (QED) is 0.390. The van der Waals surface area contributed by atoms with Crippen molar-refractivity contribution < 1.29 is 5.11 Å². The molecule has 2 aromatic heterocycles. The van der Waals surface area contributed by atoms with Crippen LogP contribution in [0.5, 0.6) is 0 Å². The molecule has 21 heavy (non-hydrogen) atoms. The van der Waals surface area contributed by atoms with Crippen LogP contribution in [0.25, 0.3) is 21.5 Å². The van der Waals surface area contributed by atoms with Crippen LogP contribution in [0.2, 0.25) is 5.15 Å². The molecule has 2 atom stereocenters. The van der Waals surface area contributed by atoms with Gasteiger partial charge in [0.05, 0.1) is 17.5 Å². The van der Waals surface area contributed by atoms with E-state index in [1.54, 1.807) is 0 Å². The molecule has 1 aliphatic rings. The van der Waals surface area contributed by atoms with E-state index in [4.69, 9.17) is 17.1 Å². The summed E-state index contributed by atoms with van der Waals surface area (Å²) in [5.74, 6) is 0. The maximum absolute atomic E-state index is 10.0. The molecule has 1 aliphatic heterocycles. The van der Waals surface area contributed by atoms with Gasteiger partial charge in [-0.25, -0.2) is 9.97 Å². The first-order valence-corrected chi connectivity index (χ1v) is 6.98. The number of aliphatic hydroxyl groups excluding tert-OH is 1. The first kappa shape index (κ1) is 14.1. The van der Waals surface area contributed by atoms with Gasteiger partial charge in [-0.05, 0) is 24.1 Å². The number of aromatic nitrogens is 3. The lowest BCUT2D eigenvalue weighted by atomic mass is 10.0. The highest BCUT2D eigenvalue weighted by molar-refractivity contribution is 6.34. The molecule has 3 heterocycles. The van der Waals surface area contributed by atoms with Gasteiger partial charge in [0.25, 0.3) is 0 Å². The fraction of sp³-hybridized carbons (Fsp3) is 0.500. The fourth-order valence-electron chi connectivity index (χ4n) is 2.68. The predicted octanol–water partition coefficient (Wildman–Crippen LogP) is 1.86.